The molecule has 0 aromatic heterocycles. The summed E-state index contributed by atoms with van der Waals surface area (Å²) >= 11 is 0. The van der Waals surface area contributed by atoms with Crippen molar-refractivity contribution in [2.24, 2.45) is 0 Å². The minimum Gasteiger partial charge on any atom is -0.380 e. The summed E-state index contributed by atoms with van der Waals surface area (Å²) in [6.45, 7) is 7.56. The van der Waals surface area contributed by atoms with Crippen LogP contribution in [-0.2, 0) is 9.53 Å². The number of hydrogen-bond acceptors (Lipinski definition) is 4. The highest BCUT2D eigenvalue weighted by Crippen LogP contribution is 1.98. The van der Waals surface area contributed by atoms with Crippen LogP contribution >= 0.6 is 0 Å². The van der Waals surface area contributed by atoms with Gasteiger partial charge in [0.15, 0.2) is 0 Å². The zero-order valence-corrected chi connectivity index (χ0v) is 10.5. The van der Waals surface area contributed by atoms with E-state index in [9.17, 15) is 4.79 Å². The van der Waals surface area contributed by atoms with Gasteiger partial charge in [0.1, 0.15) is 0 Å². The Morgan fingerprint density at radius 1 is 1.44 bits per heavy atom. The Hall–Kier alpha value is -0.650. The summed E-state index contributed by atoms with van der Waals surface area (Å²) < 4.78 is 5.23. The van der Waals surface area contributed by atoms with Gasteiger partial charge in [0.25, 0.3) is 0 Å². The van der Waals surface area contributed by atoms with Crippen LogP contribution in [0, 0.1) is 0 Å². The van der Waals surface area contributed by atoms with Gasteiger partial charge in [-0.3, -0.25) is 4.79 Å². The van der Waals surface area contributed by atoms with Crippen LogP contribution in [-0.4, -0.2) is 62.8 Å². The van der Waals surface area contributed by atoms with E-state index in [1.54, 1.807) is 4.90 Å². The van der Waals surface area contributed by atoms with E-state index in [0.717, 1.165) is 6.54 Å². The molecule has 1 fully saturated rings. The van der Waals surface area contributed by atoms with E-state index in [-0.39, 0.29) is 11.9 Å². The van der Waals surface area contributed by atoms with Crippen molar-refractivity contribution in [1.29, 1.82) is 0 Å². The lowest BCUT2D eigenvalue weighted by atomic mass is 10.1. The van der Waals surface area contributed by atoms with Crippen molar-refractivity contribution in [1.82, 2.24) is 15.5 Å². The maximum atomic E-state index is 12.0. The SMILES string of the molecule is CCOCCN(C)C(=O)C1CNC(C)CN1. The third-order valence-electron chi connectivity index (χ3n) is 2.79. The molecule has 1 rings (SSSR count). The van der Waals surface area contributed by atoms with Gasteiger partial charge in [-0.25, -0.2) is 0 Å². The number of nitrogens with one attached hydrogen (secondary N) is 2. The molecule has 1 aliphatic rings. The summed E-state index contributed by atoms with van der Waals surface area (Å²) in [5, 5.41) is 6.54. The molecular formula is C11H23N3O2. The molecule has 1 saturated heterocycles. The van der Waals surface area contributed by atoms with Crippen LogP contribution in [0.15, 0.2) is 0 Å². The average Bonchev–Trinajstić information content (AvgIpc) is 2.29. The number of amides is 1. The van der Waals surface area contributed by atoms with E-state index in [2.05, 4.69) is 17.6 Å². The Morgan fingerprint density at radius 3 is 2.75 bits per heavy atom. The zero-order valence-electron chi connectivity index (χ0n) is 10.5. The minimum atomic E-state index is -0.0946. The predicted molar refractivity (Wildman–Crippen MR) is 63.4 cm³/mol. The molecule has 1 heterocycles. The molecular weight excluding hydrogens is 206 g/mol. The number of piperazine rings is 1. The van der Waals surface area contributed by atoms with Gasteiger partial charge in [-0.1, -0.05) is 0 Å². The highest BCUT2D eigenvalue weighted by molar-refractivity contribution is 5.82. The van der Waals surface area contributed by atoms with Gasteiger partial charge in [0.05, 0.1) is 12.6 Å². The quantitative estimate of drug-likeness (QED) is 0.620. The fraction of sp³-hybridized carbons (Fsp3) is 0.909. The number of ether oxygens (including phenoxy) is 1. The second-order valence-corrected chi connectivity index (χ2v) is 4.23. The second kappa shape index (κ2) is 6.83. The first-order chi connectivity index (χ1) is 7.65. The summed E-state index contributed by atoms with van der Waals surface area (Å²) in [5.41, 5.74) is 0. The normalized spacial score (nSPS) is 25.4. The molecule has 5 heteroatoms. The van der Waals surface area contributed by atoms with Crippen LogP contribution in [0.2, 0.25) is 0 Å². The van der Waals surface area contributed by atoms with Crippen LogP contribution in [0.3, 0.4) is 0 Å². The lowest BCUT2D eigenvalue weighted by molar-refractivity contribution is -0.133. The molecule has 16 heavy (non-hydrogen) atoms. The molecule has 0 aliphatic carbocycles. The molecule has 1 amide bonds. The van der Waals surface area contributed by atoms with Crippen molar-refractivity contribution in [2.75, 3.05) is 39.9 Å². The van der Waals surface area contributed by atoms with Crippen molar-refractivity contribution in [3.05, 3.63) is 0 Å². The molecule has 2 unspecified atom stereocenters. The van der Waals surface area contributed by atoms with E-state index in [0.29, 0.717) is 32.3 Å². The average molecular weight is 229 g/mol. The maximum Gasteiger partial charge on any atom is 0.240 e. The first-order valence-electron chi connectivity index (χ1n) is 5.94. The van der Waals surface area contributed by atoms with Gasteiger partial charge in [-0.2, -0.15) is 0 Å². The minimum absolute atomic E-state index is 0.0946. The first-order valence-corrected chi connectivity index (χ1v) is 5.94. The Kier molecular flexibility index (Phi) is 5.73. The largest absolute Gasteiger partial charge is 0.380 e. The number of rotatable bonds is 5. The van der Waals surface area contributed by atoms with Gasteiger partial charge in [0, 0.05) is 39.3 Å². The van der Waals surface area contributed by atoms with Crippen molar-refractivity contribution < 1.29 is 9.53 Å². The highest BCUT2D eigenvalue weighted by Gasteiger charge is 2.25. The van der Waals surface area contributed by atoms with Crippen LogP contribution < -0.4 is 10.6 Å². The van der Waals surface area contributed by atoms with Crippen LogP contribution in [0.5, 0.6) is 0 Å². The van der Waals surface area contributed by atoms with E-state index < -0.39 is 0 Å². The molecule has 0 spiro atoms. The van der Waals surface area contributed by atoms with Crippen LogP contribution in [0.4, 0.5) is 0 Å². The Balaban J connectivity index is 2.27. The van der Waals surface area contributed by atoms with Crippen molar-refractivity contribution in [3.8, 4) is 0 Å². The van der Waals surface area contributed by atoms with Crippen LogP contribution in [0.25, 0.3) is 0 Å². The Labute approximate surface area is 97.5 Å². The topological polar surface area (TPSA) is 53.6 Å². The second-order valence-electron chi connectivity index (χ2n) is 4.23. The molecule has 0 bridgehead atoms. The monoisotopic (exact) mass is 229 g/mol. The lowest BCUT2D eigenvalue weighted by Crippen LogP contribution is -2.59. The van der Waals surface area contributed by atoms with E-state index >= 15 is 0 Å². The summed E-state index contributed by atoms with van der Waals surface area (Å²) in [7, 11) is 1.82. The van der Waals surface area contributed by atoms with Crippen molar-refractivity contribution >= 4 is 5.91 Å². The Morgan fingerprint density at radius 2 is 2.19 bits per heavy atom. The summed E-state index contributed by atoms with van der Waals surface area (Å²) in [4.78, 5) is 13.7. The fourth-order valence-corrected chi connectivity index (χ4v) is 1.68. The smallest absolute Gasteiger partial charge is 0.240 e. The number of carbonyl (C=O) groups is 1. The first kappa shape index (κ1) is 13.4. The number of hydrogen-bond donors (Lipinski definition) is 2. The highest BCUT2D eigenvalue weighted by atomic mass is 16.5. The number of carbonyl (C=O) groups excluding carboxylic acids is 1. The van der Waals surface area contributed by atoms with Crippen molar-refractivity contribution in [3.63, 3.8) is 0 Å². The summed E-state index contributed by atoms with van der Waals surface area (Å²) in [5.74, 6) is 0.138. The van der Waals surface area contributed by atoms with Gasteiger partial charge >= 0.3 is 0 Å². The molecule has 1 aliphatic heterocycles. The maximum absolute atomic E-state index is 12.0. The van der Waals surface area contributed by atoms with Crippen LogP contribution in [0.1, 0.15) is 13.8 Å². The molecule has 2 N–H and O–H groups in total. The van der Waals surface area contributed by atoms with Gasteiger partial charge in [-0.15, -0.1) is 0 Å². The molecule has 2 atom stereocenters. The lowest BCUT2D eigenvalue weighted by Gasteiger charge is -2.31. The van der Waals surface area contributed by atoms with Gasteiger partial charge < -0.3 is 20.3 Å². The summed E-state index contributed by atoms with van der Waals surface area (Å²) in [6, 6.07) is 0.348. The van der Waals surface area contributed by atoms with E-state index in [1.165, 1.54) is 0 Å². The molecule has 94 valence electrons. The van der Waals surface area contributed by atoms with Gasteiger partial charge in [-0.05, 0) is 13.8 Å². The molecule has 0 saturated carbocycles. The van der Waals surface area contributed by atoms with Crippen molar-refractivity contribution in [2.45, 2.75) is 25.9 Å². The fourth-order valence-electron chi connectivity index (χ4n) is 1.68. The standard InChI is InChI=1S/C11H23N3O2/c1-4-16-6-5-14(3)11(15)10-8-12-9(2)7-13-10/h9-10,12-13H,4-8H2,1-3H3. The molecule has 0 aromatic carbocycles. The summed E-state index contributed by atoms with van der Waals surface area (Å²) in [6.07, 6.45) is 0. The third-order valence-corrected chi connectivity index (χ3v) is 2.79. The molecule has 5 nitrogen and oxygen atoms in total. The van der Waals surface area contributed by atoms with E-state index in [1.807, 2.05) is 14.0 Å². The number of nitrogens with zero attached hydrogens (tertiary/aromatic N) is 1. The number of likely N-dealkylation sites (N-methyl/N-ethyl adjacent to an activating group) is 1. The third kappa shape index (κ3) is 4.08. The zero-order chi connectivity index (χ0) is 12.0. The molecule has 0 radical (unpaired) electrons. The molecule has 0 aromatic rings. The van der Waals surface area contributed by atoms with E-state index in [4.69, 9.17) is 4.74 Å². The predicted octanol–water partition coefficient (Wildman–Crippen LogP) is -0.569. The van der Waals surface area contributed by atoms with Gasteiger partial charge in [0.2, 0.25) is 5.91 Å². The Bertz CT molecular complexity index is 215.